The van der Waals surface area contributed by atoms with Gasteiger partial charge in [0.1, 0.15) is 5.52 Å². The second kappa shape index (κ2) is 8.88. The van der Waals surface area contributed by atoms with Gasteiger partial charge in [0.15, 0.2) is 5.65 Å². The van der Waals surface area contributed by atoms with Gasteiger partial charge in [0, 0.05) is 43.1 Å². The first-order chi connectivity index (χ1) is 13.7. The number of pyridine rings is 2. The molecule has 0 saturated heterocycles. The van der Waals surface area contributed by atoms with E-state index in [1.54, 1.807) is 40.7 Å². The smallest absolute Gasteiger partial charge is 0.298 e. The number of hydrogen-bond donors (Lipinski definition) is 0. The van der Waals surface area contributed by atoms with Crippen LogP contribution in [-0.2, 0) is 4.74 Å². The summed E-state index contributed by atoms with van der Waals surface area (Å²) in [6, 6.07) is 6.30. The Morgan fingerprint density at radius 2 is 1.79 bits per heavy atom. The van der Waals surface area contributed by atoms with Crippen LogP contribution in [0.3, 0.4) is 0 Å². The van der Waals surface area contributed by atoms with E-state index in [-0.39, 0.29) is 6.04 Å². The molecule has 0 aliphatic carbocycles. The van der Waals surface area contributed by atoms with Crippen LogP contribution >= 0.6 is 0 Å². The molecule has 0 bridgehead atoms. The van der Waals surface area contributed by atoms with Crippen LogP contribution in [0.15, 0.2) is 24.4 Å². The average Bonchev–Trinajstić information content (AvgIpc) is 3.12. The monoisotopic (exact) mass is 386 g/mol. The molecule has 0 spiro atoms. The lowest BCUT2D eigenvalue weighted by Gasteiger charge is -2.18. The lowest BCUT2D eigenvalue weighted by atomic mass is 10.1. The minimum Gasteiger partial charge on any atom is -0.481 e. The normalized spacial score (nSPS) is 12.2. The van der Waals surface area contributed by atoms with Gasteiger partial charge in [-0.05, 0) is 25.0 Å². The maximum atomic E-state index is 5.58. The predicted molar refractivity (Wildman–Crippen MR) is 106 cm³/mol. The van der Waals surface area contributed by atoms with Crippen molar-refractivity contribution in [3.63, 3.8) is 0 Å². The van der Waals surface area contributed by atoms with E-state index in [0.717, 1.165) is 35.1 Å². The van der Waals surface area contributed by atoms with Gasteiger partial charge in [-0.1, -0.05) is 6.92 Å². The quantitative estimate of drug-likeness (QED) is 0.557. The van der Waals surface area contributed by atoms with Crippen LogP contribution in [0.4, 0.5) is 0 Å². The number of imidazole rings is 1. The van der Waals surface area contributed by atoms with Gasteiger partial charge in [0.2, 0.25) is 11.8 Å². The molecular formula is C20H26N4O4. The van der Waals surface area contributed by atoms with Crippen molar-refractivity contribution in [3.8, 4) is 28.9 Å². The zero-order valence-electron chi connectivity index (χ0n) is 16.9. The predicted octanol–water partition coefficient (Wildman–Crippen LogP) is 3.51. The van der Waals surface area contributed by atoms with Crippen molar-refractivity contribution in [2.24, 2.45) is 0 Å². The summed E-state index contributed by atoms with van der Waals surface area (Å²) in [5.74, 6) is 0.950. The molecule has 8 nitrogen and oxygen atoms in total. The van der Waals surface area contributed by atoms with Gasteiger partial charge in [-0.3, -0.25) is 4.57 Å². The summed E-state index contributed by atoms with van der Waals surface area (Å²) in [5, 5.41) is 0. The van der Waals surface area contributed by atoms with Crippen LogP contribution in [0, 0.1) is 0 Å². The molecule has 0 N–H and O–H groups in total. The highest BCUT2D eigenvalue weighted by Crippen LogP contribution is 2.37. The van der Waals surface area contributed by atoms with Gasteiger partial charge >= 0.3 is 0 Å². The topological polar surface area (TPSA) is 80.5 Å². The SMILES string of the molecule is CCC(CCOC)n1c(OC)nc2c(-c3ccc(OC)nc3OC)ccnc21. The molecule has 0 amide bonds. The Morgan fingerprint density at radius 3 is 2.43 bits per heavy atom. The average molecular weight is 386 g/mol. The van der Waals surface area contributed by atoms with Crippen molar-refractivity contribution in [2.45, 2.75) is 25.8 Å². The summed E-state index contributed by atoms with van der Waals surface area (Å²) < 4.78 is 23.6. The molecule has 1 atom stereocenters. The molecule has 0 aromatic carbocycles. The van der Waals surface area contributed by atoms with Gasteiger partial charge in [-0.15, -0.1) is 0 Å². The van der Waals surface area contributed by atoms with E-state index in [1.807, 2.05) is 16.7 Å². The van der Waals surface area contributed by atoms with Crippen LogP contribution in [0.2, 0.25) is 0 Å². The van der Waals surface area contributed by atoms with Crippen molar-refractivity contribution < 1.29 is 18.9 Å². The van der Waals surface area contributed by atoms with E-state index in [0.29, 0.717) is 24.4 Å². The molecule has 0 saturated carbocycles. The first-order valence-corrected chi connectivity index (χ1v) is 9.17. The summed E-state index contributed by atoms with van der Waals surface area (Å²) in [7, 11) is 6.48. The molecule has 1 unspecified atom stereocenters. The highest BCUT2D eigenvalue weighted by atomic mass is 16.5. The van der Waals surface area contributed by atoms with Crippen molar-refractivity contribution in [2.75, 3.05) is 35.0 Å². The van der Waals surface area contributed by atoms with Crippen LogP contribution in [0.1, 0.15) is 25.8 Å². The summed E-state index contributed by atoms with van der Waals surface area (Å²) in [6.45, 7) is 2.78. The third kappa shape index (κ3) is 3.60. The second-order valence-electron chi connectivity index (χ2n) is 6.25. The molecule has 3 aromatic rings. The summed E-state index contributed by atoms with van der Waals surface area (Å²) in [5.41, 5.74) is 3.18. The van der Waals surface area contributed by atoms with Gasteiger partial charge in [-0.2, -0.15) is 9.97 Å². The van der Waals surface area contributed by atoms with Crippen molar-refractivity contribution in [3.05, 3.63) is 24.4 Å². The van der Waals surface area contributed by atoms with E-state index < -0.39 is 0 Å². The Kier molecular flexibility index (Phi) is 6.30. The summed E-state index contributed by atoms with van der Waals surface area (Å²) >= 11 is 0. The lowest BCUT2D eigenvalue weighted by molar-refractivity contribution is 0.175. The summed E-state index contributed by atoms with van der Waals surface area (Å²) in [6.07, 6.45) is 3.51. The molecular weight excluding hydrogens is 360 g/mol. The zero-order chi connectivity index (χ0) is 20.1. The van der Waals surface area contributed by atoms with Gasteiger partial charge < -0.3 is 18.9 Å². The first-order valence-electron chi connectivity index (χ1n) is 9.17. The number of aromatic nitrogens is 4. The fourth-order valence-electron chi connectivity index (χ4n) is 3.33. The number of rotatable bonds is 9. The number of nitrogens with zero attached hydrogens (tertiary/aromatic N) is 4. The Balaban J connectivity index is 2.19. The fourth-order valence-corrected chi connectivity index (χ4v) is 3.33. The Morgan fingerprint density at radius 1 is 0.964 bits per heavy atom. The number of ether oxygens (including phenoxy) is 4. The molecule has 0 aliphatic rings. The minimum absolute atomic E-state index is 0.165. The van der Waals surface area contributed by atoms with Gasteiger partial charge in [0.25, 0.3) is 6.01 Å². The maximum Gasteiger partial charge on any atom is 0.298 e. The van der Waals surface area contributed by atoms with Gasteiger partial charge in [-0.25, -0.2) is 4.98 Å². The highest BCUT2D eigenvalue weighted by molar-refractivity contribution is 5.92. The largest absolute Gasteiger partial charge is 0.481 e. The molecule has 0 aliphatic heterocycles. The van der Waals surface area contributed by atoms with Crippen LogP contribution < -0.4 is 14.2 Å². The molecule has 0 radical (unpaired) electrons. The fraction of sp³-hybridized carbons (Fsp3) is 0.450. The molecule has 0 fully saturated rings. The highest BCUT2D eigenvalue weighted by Gasteiger charge is 2.23. The van der Waals surface area contributed by atoms with Crippen molar-refractivity contribution in [1.29, 1.82) is 0 Å². The molecule has 3 heterocycles. The zero-order valence-corrected chi connectivity index (χ0v) is 16.9. The summed E-state index contributed by atoms with van der Waals surface area (Å²) in [4.78, 5) is 13.7. The van der Waals surface area contributed by atoms with Crippen LogP contribution in [0.5, 0.6) is 17.8 Å². The van der Waals surface area contributed by atoms with Crippen LogP contribution in [-0.4, -0.2) is 54.6 Å². The maximum absolute atomic E-state index is 5.58. The second-order valence-corrected chi connectivity index (χ2v) is 6.25. The molecule has 28 heavy (non-hydrogen) atoms. The van der Waals surface area contributed by atoms with E-state index in [4.69, 9.17) is 23.9 Å². The van der Waals surface area contributed by atoms with E-state index in [9.17, 15) is 0 Å². The van der Waals surface area contributed by atoms with E-state index in [1.165, 1.54) is 0 Å². The molecule has 8 heteroatoms. The third-order valence-corrected chi connectivity index (χ3v) is 4.75. The Hall–Kier alpha value is -2.87. The number of hydrogen-bond acceptors (Lipinski definition) is 7. The molecule has 150 valence electrons. The molecule has 3 aromatic heterocycles. The van der Waals surface area contributed by atoms with E-state index in [2.05, 4.69) is 16.9 Å². The van der Waals surface area contributed by atoms with E-state index >= 15 is 0 Å². The number of fused-ring (bicyclic) bond motifs is 1. The van der Waals surface area contributed by atoms with Crippen molar-refractivity contribution >= 4 is 11.2 Å². The van der Waals surface area contributed by atoms with Crippen molar-refractivity contribution in [1.82, 2.24) is 19.5 Å². The minimum atomic E-state index is 0.165. The molecule has 3 rings (SSSR count). The Bertz CT molecular complexity index is 941. The van der Waals surface area contributed by atoms with Gasteiger partial charge in [0.05, 0.1) is 21.3 Å². The van der Waals surface area contributed by atoms with Crippen LogP contribution in [0.25, 0.3) is 22.3 Å². The first kappa shape index (κ1) is 19.9. The standard InChI is InChI=1S/C20H26N4O4/c1-6-13(10-12-25-2)24-18-17(23-20(24)28-5)14(9-11-21-18)15-7-8-16(26-3)22-19(15)27-4/h7-9,11,13H,6,10,12H2,1-5H3. The number of methoxy groups -OCH3 is 4. The lowest BCUT2D eigenvalue weighted by Crippen LogP contribution is -2.12. The third-order valence-electron chi connectivity index (χ3n) is 4.75. The Labute approximate surface area is 164 Å².